The zero-order chi connectivity index (χ0) is 10.0. The van der Waals surface area contributed by atoms with Crippen molar-refractivity contribution in [1.29, 1.82) is 5.26 Å². The van der Waals surface area contributed by atoms with Gasteiger partial charge >= 0.3 is 0 Å². The van der Waals surface area contributed by atoms with Crippen LogP contribution in [0.1, 0.15) is 17.7 Å². The molecule has 68 valence electrons. The highest BCUT2D eigenvalue weighted by Gasteiger charge is 2.18. The number of aromatic amines is 1. The van der Waals surface area contributed by atoms with Gasteiger partial charge in [-0.15, -0.1) is 0 Å². The second-order valence-electron chi connectivity index (χ2n) is 2.18. The molecule has 1 N–H and O–H groups in total. The lowest BCUT2D eigenvalue weighted by Gasteiger charge is -2.00. The summed E-state index contributed by atoms with van der Waals surface area (Å²) in [5, 5.41) is 8.30. The lowest BCUT2D eigenvalue weighted by atomic mass is 10.2. The maximum atomic E-state index is 12.4. The molecule has 0 fully saturated rings. The minimum atomic E-state index is -3.08. The summed E-state index contributed by atoms with van der Waals surface area (Å²) in [5.41, 5.74) is -2.91. The molecule has 3 nitrogen and oxygen atoms in total. The topological polar surface area (TPSA) is 56.6 Å². The Hall–Kier alpha value is -1.77. The number of nitrogens with zero attached hydrogens (tertiary/aromatic N) is 1. The fourth-order valence-corrected chi connectivity index (χ4v) is 0.844. The van der Waals surface area contributed by atoms with Gasteiger partial charge in [-0.25, -0.2) is 8.78 Å². The van der Waals surface area contributed by atoms with Gasteiger partial charge in [0.2, 0.25) is 0 Å². The number of hydrogen-bond donors (Lipinski definition) is 1. The van der Waals surface area contributed by atoms with E-state index in [2.05, 4.69) is 0 Å². The minimum Gasteiger partial charge on any atom is -0.323 e. The van der Waals surface area contributed by atoms with E-state index in [-0.39, 0.29) is 0 Å². The first kappa shape index (κ1) is 9.32. The predicted octanol–water partition coefficient (Wildman–Crippen LogP) is 1.32. The Kier molecular flexibility index (Phi) is 2.37. The average molecular weight is 188 g/mol. The van der Waals surface area contributed by atoms with Crippen molar-refractivity contribution in [3.05, 3.63) is 33.5 Å². The van der Waals surface area contributed by atoms with Crippen LogP contribution in [-0.2, 0) is 0 Å². The second-order valence-corrected chi connectivity index (χ2v) is 2.18. The third-order valence-electron chi connectivity index (χ3n) is 1.37. The van der Waals surface area contributed by atoms with E-state index in [1.165, 1.54) is 6.07 Å². The third kappa shape index (κ3) is 1.69. The molecule has 1 heterocycles. The summed E-state index contributed by atoms with van der Waals surface area (Å²) in [6, 6.07) is 1.66. The van der Waals surface area contributed by atoms with E-state index in [0.29, 0.717) is 6.07 Å². The van der Waals surface area contributed by atoms with Crippen LogP contribution in [0, 0.1) is 17.3 Å². The van der Waals surface area contributed by atoms with Crippen molar-refractivity contribution in [3.63, 3.8) is 0 Å². The van der Waals surface area contributed by atoms with Crippen molar-refractivity contribution >= 4 is 0 Å². The van der Waals surface area contributed by atoms with Crippen molar-refractivity contribution in [2.75, 3.05) is 0 Å². The van der Waals surface area contributed by atoms with Crippen LogP contribution in [0.25, 0.3) is 0 Å². The number of hydrogen-bond acceptors (Lipinski definition) is 2. The van der Waals surface area contributed by atoms with Gasteiger partial charge in [-0.3, -0.25) is 4.79 Å². The van der Waals surface area contributed by atoms with Gasteiger partial charge in [-0.1, -0.05) is 0 Å². The first-order valence-electron chi connectivity index (χ1n) is 3.17. The Bertz CT molecular complexity index is 419. The van der Waals surface area contributed by atoms with E-state index in [9.17, 15) is 18.0 Å². The molecule has 0 spiro atoms. The molecule has 1 aromatic rings. The molecule has 13 heavy (non-hydrogen) atoms. The molecule has 0 radical (unpaired) electrons. The van der Waals surface area contributed by atoms with Gasteiger partial charge in [0.1, 0.15) is 11.8 Å². The first-order chi connectivity index (χ1) is 6.06. The number of halogens is 3. The molecule has 0 bridgehead atoms. The van der Waals surface area contributed by atoms with Crippen LogP contribution in [0.3, 0.4) is 0 Å². The fraction of sp³-hybridized carbons (Fsp3) is 0.143. The van der Waals surface area contributed by atoms with E-state index in [1.807, 2.05) is 0 Å². The largest absolute Gasteiger partial charge is 0.323 e. The average Bonchev–Trinajstić information content (AvgIpc) is 2.01. The molecule has 0 saturated heterocycles. The first-order valence-corrected chi connectivity index (χ1v) is 3.17. The Morgan fingerprint density at radius 3 is 2.62 bits per heavy atom. The summed E-state index contributed by atoms with van der Waals surface area (Å²) in [6.45, 7) is 0. The highest BCUT2D eigenvalue weighted by Crippen LogP contribution is 2.17. The lowest BCUT2D eigenvalue weighted by molar-refractivity contribution is 0.149. The number of rotatable bonds is 1. The quantitative estimate of drug-likeness (QED) is 0.675. The van der Waals surface area contributed by atoms with E-state index in [0.717, 1.165) is 0 Å². The van der Waals surface area contributed by atoms with Crippen molar-refractivity contribution in [2.45, 2.75) is 6.43 Å². The third-order valence-corrected chi connectivity index (χ3v) is 1.37. The van der Waals surface area contributed by atoms with Crippen molar-refractivity contribution in [1.82, 2.24) is 4.98 Å². The Morgan fingerprint density at radius 1 is 1.54 bits per heavy atom. The molecule has 0 atom stereocenters. The number of pyridine rings is 1. The summed E-state index contributed by atoms with van der Waals surface area (Å²) in [6.07, 6.45) is -3.08. The number of alkyl halides is 2. The molecule has 6 heteroatoms. The maximum Gasteiger partial charge on any atom is 0.270 e. The number of nitriles is 1. The Labute approximate surface area is 70.4 Å². The molecule has 1 aromatic heterocycles. The number of aromatic nitrogens is 1. The van der Waals surface area contributed by atoms with E-state index in [4.69, 9.17) is 5.26 Å². The van der Waals surface area contributed by atoms with Gasteiger partial charge < -0.3 is 4.98 Å². The van der Waals surface area contributed by atoms with E-state index < -0.39 is 29.1 Å². The van der Waals surface area contributed by atoms with Crippen LogP contribution in [0.5, 0.6) is 0 Å². The van der Waals surface area contributed by atoms with E-state index >= 15 is 0 Å². The van der Waals surface area contributed by atoms with Crippen LogP contribution in [-0.4, -0.2) is 4.98 Å². The monoisotopic (exact) mass is 188 g/mol. The second kappa shape index (κ2) is 3.31. The molecule has 0 aromatic carbocycles. The fourth-order valence-electron chi connectivity index (χ4n) is 0.844. The van der Waals surface area contributed by atoms with Crippen LogP contribution in [0.2, 0.25) is 0 Å². The highest BCUT2D eigenvalue weighted by atomic mass is 19.3. The summed E-state index contributed by atoms with van der Waals surface area (Å²) in [7, 11) is 0. The Morgan fingerprint density at radius 2 is 2.15 bits per heavy atom. The maximum absolute atomic E-state index is 12.4. The molecule has 0 aliphatic rings. The van der Waals surface area contributed by atoms with Gasteiger partial charge in [0.05, 0.1) is 5.56 Å². The van der Waals surface area contributed by atoms with Crippen molar-refractivity contribution in [3.8, 4) is 6.07 Å². The predicted molar refractivity (Wildman–Crippen MR) is 36.7 cm³/mol. The van der Waals surface area contributed by atoms with Crippen molar-refractivity contribution < 1.29 is 13.2 Å². The lowest BCUT2D eigenvalue weighted by Crippen LogP contribution is -2.13. The summed E-state index contributed by atoms with van der Waals surface area (Å²) in [5.74, 6) is -1.11. The van der Waals surface area contributed by atoms with Gasteiger partial charge in [0, 0.05) is 6.07 Å². The minimum absolute atomic E-state index is 0.377. The normalized spacial score (nSPS) is 10.1. The summed E-state index contributed by atoms with van der Waals surface area (Å²) in [4.78, 5) is 12.5. The SMILES string of the molecule is N#Cc1[nH]c(F)cc(=O)c1C(F)F. The summed E-state index contributed by atoms with van der Waals surface area (Å²) < 4.78 is 36.6. The highest BCUT2D eigenvalue weighted by molar-refractivity contribution is 5.31. The zero-order valence-corrected chi connectivity index (χ0v) is 6.14. The molecule has 0 aliphatic heterocycles. The molecule has 0 unspecified atom stereocenters. The number of nitrogens with one attached hydrogen (secondary N) is 1. The molecule has 0 saturated carbocycles. The molecule has 0 aliphatic carbocycles. The standard InChI is InChI=1S/C7H3F3N2O/c8-5-1-4(13)6(7(9)10)3(2-11)12-5/h1,7H,(H,12,13). The van der Waals surface area contributed by atoms with Gasteiger partial charge in [0.25, 0.3) is 6.43 Å². The van der Waals surface area contributed by atoms with E-state index in [1.54, 1.807) is 4.98 Å². The van der Waals surface area contributed by atoms with Crippen LogP contribution >= 0.6 is 0 Å². The molecule has 0 amide bonds. The van der Waals surface area contributed by atoms with Gasteiger partial charge in [0.15, 0.2) is 11.4 Å². The Balaban J connectivity index is 3.51. The van der Waals surface area contributed by atoms with Crippen molar-refractivity contribution in [2.24, 2.45) is 0 Å². The molecular formula is C7H3F3N2O. The molecule has 1 rings (SSSR count). The molecular weight excluding hydrogens is 185 g/mol. The van der Waals surface area contributed by atoms with Gasteiger partial charge in [-0.2, -0.15) is 9.65 Å². The van der Waals surface area contributed by atoms with Crippen LogP contribution in [0.15, 0.2) is 10.9 Å². The number of H-pyrrole nitrogens is 1. The van der Waals surface area contributed by atoms with Crippen LogP contribution < -0.4 is 5.43 Å². The zero-order valence-electron chi connectivity index (χ0n) is 6.14. The smallest absolute Gasteiger partial charge is 0.270 e. The van der Waals surface area contributed by atoms with Gasteiger partial charge in [-0.05, 0) is 0 Å². The summed E-state index contributed by atoms with van der Waals surface area (Å²) >= 11 is 0. The van der Waals surface area contributed by atoms with Crippen LogP contribution in [0.4, 0.5) is 13.2 Å².